The molecule has 21 heavy (non-hydrogen) atoms. The summed E-state index contributed by atoms with van der Waals surface area (Å²) in [6, 6.07) is 6.99. The second-order valence-corrected chi connectivity index (χ2v) is 6.53. The Balaban J connectivity index is 1.83. The highest BCUT2D eigenvalue weighted by Gasteiger charge is 2.10. The quantitative estimate of drug-likeness (QED) is 0.658. The predicted molar refractivity (Wildman–Crippen MR) is 83.9 cm³/mol. The number of hydrogen-bond donors (Lipinski definition) is 0. The molecule has 0 amide bonds. The van der Waals surface area contributed by atoms with Gasteiger partial charge in [0.15, 0.2) is 0 Å². The number of hydrogen-bond acceptors (Lipinski definition) is 4. The Morgan fingerprint density at radius 2 is 2.05 bits per heavy atom. The number of thioether (sulfide) groups is 1. The van der Waals surface area contributed by atoms with Gasteiger partial charge in [0.25, 0.3) is 5.78 Å². The van der Waals surface area contributed by atoms with E-state index in [-0.39, 0.29) is 5.82 Å². The summed E-state index contributed by atoms with van der Waals surface area (Å²) in [5.74, 6) is 0.825. The number of nitrogens with zero attached hydrogens (tertiary/aromatic N) is 4. The van der Waals surface area contributed by atoms with Gasteiger partial charge in [0, 0.05) is 21.6 Å². The van der Waals surface area contributed by atoms with Gasteiger partial charge >= 0.3 is 0 Å². The highest BCUT2D eigenvalue weighted by molar-refractivity contribution is 9.10. The fourth-order valence-electron chi connectivity index (χ4n) is 1.99. The lowest BCUT2D eigenvalue weighted by atomic mass is 10.2. The van der Waals surface area contributed by atoms with Crippen molar-refractivity contribution in [2.24, 2.45) is 0 Å². The monoisotopic (exact) mass is 366 g/mol. The van der Waals surface area contributed by atoms with Crippen LogP contribution >= 0.6 is 27.7 Å². The number of halogens is 2. The average Bonchev–Trinajstić information content (AvgIpc) is 2.81. The summed E-state index contributed by atoms with van der Waals surface area (Å²) in [7, 11) is 0. The first-order valence-corrected chi connectivity index (χ1v) is 8.08. The van der Waals surface area contributed by atoms with Crippen molar-refractivity contribution in [1.29, 1.82) is 0 Å². The molecule has 0 fully saturated rings. The van der Waals surface area contributed by atoms with Crippen LogP contribution in [0.1, 0.15) is 17.0 Å². The number of rotatable bonds is 3. The van der Waals surface area contributed by atoms with Crippen molar-refractivity contribution in [3.63, 3.8) is 0 Å². The molecule has 7 heteroatoms. The average molecular weight is 367 g/mol. The molecular formula is C14H12BrFN4S. The van der Waals surface area contributed by atoms with Crippen molar-refractivity contribution in [2.75, 3.05) is 0 Å². The van der Waals surface area contributed by atoms with Crippen LogP contribution in [0.5, 0.6) is 0 Å². The van der Waals surface area contributed by atoms with Gasteiger partial charge in [-0.1, -0.05) is 33.8 Å². The minimum Gasteiger partial charge on any atom is -0.216 e. The van der Waals surface area contributed by atoms with Crippen molar-refractivity contribution < 1.29 is 4.39 Å². The largest absolute Gasteiger partial charge is 0.253 e. The maximum Gasteiger partial charge on any atom is 0.253 e. The summed E-state index contributed by atoms with van der Waals surface area (Å²) in [5.41, 5.74) is 2.51. The summed E-state index contributed by atoms with van der Waals surface area (Å²) in [4.78, 5) is 8.71. The van der Waals surface area contributed by atoms with Gasteiger partial charge in [-0.05, 0) is 37.6 Å². The van der Waals surface area contributed by atoms with E-state index in [0.717, 1.165) is 15.9 Å². The summed E-state index contributed by atoms with van der Waals surface area (Å²) in [6.45, 7) is 3.88. The Morgan fingerprint density at radius 1 is 1.24 bits per heavy atom. The minimum absolute atomic E-state index is 0.231. The number of fused-ring (bicyclic) bond motifs is 1. The molecule has 0 aliphatic carbocycles. The molecule has 0 bridgehead atoms. The predicted octanol–water partition coefficient (Wildman–Crippen LogP) is 3.94. The molecule has 0 atom stereocenters. The Hall–Kier alpha value is -1.47. The van der Waals surface area contributed by atoms with Crippen molar-refractivity contribution in [1.82, 2.24) is 19.6 Å². The Kier molecular flexibility index (Phi) is 3.95. The van der Waals surface area contributed by atoms with E-state index in [2.05, 4.69) is 31.0 Å². The van der Waals surface area contributed by atoms with Crippen molar-refractivity contribution in [3.05, 3.63) is 51.5 Å². The molecule has 2 heterocycles. The molecule has 4 nitrogen and oxygen atoms in total. The van der Waals surface area contributed by atoms with E-state index in [9.17, 15) is 4.39 Å². The lowest BCUT2D eigenvalue weighted by molar-refractivity contribution is 0.616. The Morgan fingerprint density at radius 3 is 2.81 bits per heavy atom. The molecule has 0 saturated heterocycles. The third-order valence-electron chi connectivity index (χ3n) is 2.97. The lowest BCUT2D eigenvalue weighted by Crippen LogP contribution is -1.97. The highest BCUT2D eigenvalue weighted by atomic mass is 79.9. The zero-order chi connectivity index (χ0) is 15.0. The molecule has 0 radical (unpaired) electrons. The summed E-state index contributed by atoms with van der Waals surface area (Å²) >= 11 is 4.64. The van der Waals surface area contributed by atoms with Crippen LogP contribution in [0.2, 0.25) is 0 Å². The second kappa shape index (κ2) is 5.73. The van der Waals surface area contributed by atoms with Crippen LogP contribution in [0.3, 0.4) is 0 Å². The van der Waals surface area contributed by atoms with Gasteiger partial charge < -0.3 is 0 Å². The van der Waals surface area contributed by atoms with Gasteiger partial charge in [0.2, 0.25) is 5.16 Å². The van der Waals surface area contributed by atoms with Crippen LogP contribution in [0, 0.1) is 19.7 Å². The first-order valence-electron chi connectivity index (χ1n) is 6.30. The fraction of sp³-hybridized carbons (Fsp3) is 0.214. The topological polar surface area (TPSA) is 43.1 Å². The maximum absolute atomic E-state index is 13.8. The van der Waals surface area contributed by atoms with Crippen molar-refractivity contribution >= 4 is 33.5 Å². The van der Waals surface area contributed by atoms with E-state index in [1.54, 1.807) is 10.6 Å². The van der Waals surface area contributed by atoms with Crippen LogP contribution in [0.25, 0.3) is 5.78 Å². The minimum atomic E-state index is -0.231. The molecule has 0 N–H and O–H groups in total. The fourth-order valence-corrected chi connectivity index (χ4v) is 3.13. The Bertz CT molecular complexity index is 818. The molecule has 3 rings (SSSR count). The highest BCUT2D eigenvalue weighted by Crippen LogP contribution is 2.23. The molecule has 0 aliphatic rings. The maximum atomic E-state index is 13.8. The normalized spacial score (nSPS) is 11.2. The standard InChI is InChI=1S/C14H12BrFN4S/c1-8-5-9(2)20-13(17-8)18-14(19-20)21-7-10-3-4-11(15)6-12(10)16/h3-6H,7H2,1-2H3. The van der Waals surface area contributed by atoms with Crippen LogP contribution < -0.4 is 0 Å². The summed E-state index contributed by atoms with van der Waals surface area (Å²) in [5, 5.41) is 4.99. The molecular weight excluding hydrogens is 355 g/mol. The van der Waals surface area contributed by atoms with Gasteiger partial charge in [-0.15, -0.1) is 5.10 Å². The van der Waals surface area contributed by atoms with E-state index in [1.165, 1.54) is 17.8 Å². The van der Waals surface area contributed by atoms with Crippen LogP contribution in [0.4, 0.5) is 4.39 Å². The first kappa shape index (κ1) is 14.5. The number of benzene rings is 1. The van der Waals surface area contributed by atoms with E-state index < -0.39 is 0 Å². The lowest BCUT2D eigenvalue weighted by Gasteiger charge is -2.01. The van der Waals surface area contributed by atoms with E-state index in [4.69, 9.17) is 0 Å². The summed E-state index contributed by atoms with van der Waals surface area (Å²) in [6.07, 6.45) is 0. The smallest absolute Gasteiger partial charge is 0.216 e. The third-order valence-corrected chi connectivity index (χ3v) is 4.35. The van der Waals surface area contributed by atoms with Gasteiger partial charge in [0.05, 0.1) is 0 Å². The molecule has 2 aromatic heterocycles. The number of aryl methyl sites for hydroxylation is 2. The SMILES string of the molecule is Cc1cc(C)n2nc(SCc3ccc(Br)cc3F)nc2n1. The third kappa shape index (κ3) is 3.08. The molecule has 108 valence electrons. The van der Waals surface area contributed by atoms with Gasteiger partial charge in [-0.3, -0.25) is 0 Å². The van der Waals surface area contributed by atoms with E-state index in [1.807, 2.05) is 26.0 Å². The zero-order valence-corrected chi connectivity index (χ0v) is 13.9. The molecule has 0 saturated carbocycles. The van der Waals surface area contributed by atoms with Crippen LogP contribution in [-0.2, 0) is 5.75 Å². The molecule has 1 aromatic carbocycles. The number of aromatic nitrogens is 4. The van der Waals surface area contributed by atoms with E-state index >= 15 is 0 Å². The second-order valence-electron chi connectivity index (χ2n) is 4.67. The van der Waals surface area contributed by atoms with Crippen molar-refractivity contribution in [3.8, 4) is 0 Å². The summed E-state index contributed by atoms with van der Waals surface area (Å²) < 4.78 is 16.2. The first-order chi connectivity index (χ1) is 10.0. The van der Waals surface area contributed by atoms with Crippen LogP contribution in [-0.4, -0.2) is 19.6 Å². The van der Waals surface area contributed by atoms with Crippen LogP contribution in [0.15, 0.2) is 33.9 Å². The van der Waals surface area contributed by atoms with Gasteiger partial charge in [-0.2, -0.15) is 4.98 Å². The van der Waals surface area contributed by atoms with E-state index in [0.29, 0.717) is 22.3 Å². The van der Waals surface area contributed by atoms with Gasteiger partial charge in [0.1, 0.15) is 5.82 Å². The van der Waals surface area contributed by atoms with Crippen molar-refractivity contribution in [2.45, 2.75) is 24.8 Å². The Labute approximate surface area is 133 Å². The molecule has 3 aromatic rings. The molecule has 0 aliphatic heterocycles. The molecule has 0 unspecified atom stereocenters. The van der Waals surface area contributed by atoms with Gasteiger partial charge in [-0.25, -0.2) is 13.9 Å². The molecule has 0 spiro atoms. The zero-order valence-electron chi connectivity index (χ0n) is 11.5.